The molecule has 0 unspecified atom stereocenters. The zero-order chi connectivity index (χ0) is 21.6. The Balaban J connectivity index is 1.40. The number of amides is 1. The summed E-state index contributed by atoms with van der Waals surface area (Å²) in [7, 11) is 0. The molecule has 2 heterocycles. The van der Waals surface area contributed by atoms with Crippen molar-refractivity contribution in [3.05, 3.63) is 53.2 Å². The lowest BCUT2D eigenvalue weighted by Gasteiger charge is -2.32. The number of nitrogens with zero attached hydrogens (tertiary/aromatic N) is 2. The molecule has 5 nitrogen and oxygen atoms in total. The number of aromatic nitrogens is 1. The summed E-state index contributed by atoms with van der Waals surface area (Å²) in [5.74, 6) is 0.230. The molecule has 1 amide bonds. The van der Waals surface area contributed by atoms with Crippen LogP contribution in [0.5, 0.6) is 0 Å². The van der Waals surface area contributed by atoms with E-state index in [1.165, 1.54) is 0 Å². The first-order chi connectivity index (χ1) is 14.3. The minimum atomic E-state index is -4.48. The van der Waals surface area contributed by atoms with Gasteiger partial charge in [0, 0.05) is 44.0 Å². The molecule has 3 rings (SSSR count). The van der Waals surface area contributed by atoms with Crippen LogP contribution in [0.3, 0.4) is 0 Å². The van der Waals surface area contributed by atoms with Gasteiger partial charge in [-0.15, -0.1) is 0 Å². The fourth-order valence-electron chi connectivity index (χ4n) is 3.40. The second-order valence-corrected chi connectivity index (χ2v) is 7.63. The Morgan fingerprint density at radius 3 is 2.50 bits per heavy atom. The molecule has 0 bridgehead atoms. The van der Waals surface area contributed by atoms with Crippen LogP contribution in [0.4, 0.5) is 24.7 Å². The summed E-state index contributed by atoms with van der Waals surface area (Å²) < 4.78 is 38.3. The molecule has 1 saturated heterocycles. The van der Waals surface area contributed by atoms with Crippen LogP contribution in [0.15, 0.2) is 42.6 Å². The predicted molar refractivity (Wildman–Crippen MR) is 112 cm³/mol. The molecule has 0 saturated carbocycles. The zero-order valence-electron chi connectivity index (χ0n) is 16.4. The molecule has 1 aliphatic heterocycles. The van der Waals surface area contributed by atoms with Gasteiger partial charge in [0.05, 0.1) is 10.6 Å². The van der Waals surface area contributed by atoms with E-state index < -0.39 is 11.7 Å². The van der Waals surface area contributed by atoms with Crippen molar-refractivity contribution < 1.29 is 18.0 Å². The maximum Gasteiger partial charge on any atom is 0.417 e. The van der Waals surface area contributed by atoms with Crippen molar-refractivity contribution in [1.29, 1.82) is 0 Å². The smallest absolute Gasteiger partial charge is 0.385 e. The Morgan fingerprint density at radius 2 is 1.87 bits per heavy atom. The van der Waals surface area contributed by atoms with Gasteiger partial charge in [0.25, 0.3) is 0 Å². The number of nitrogens with one attached hydrogen (secondary N) is 2. The second-order valence-electron chi connectivity index (χ2n) is 7.23. The lowest BCUT2D eigenvalue weighted by atomic mass is 9.96. The van der Waals surface area contributed by atoms with Crippen molar-refractivity contribution in [3.8, 4) is 0 Å². The van der Waals surface area contributed by atoms with E-state index in [0.29, 0.717) is 38.3 Å². The van der Waals surface area contributed by atoms with Crippen LogP contribution in [0, 0.1) is 5.92 Å². The summed E-state index contributed by atoms with van der Waals surface area (Å²) in [6.45, 7) is 2.39. The number of hydrogen-bond donors (Lipinski definition) is 2. The van der Waals surface area contributed by atoms with E-state index in [1.54, 1.807) is 0 Å². The standard InChI is InChI=1S/C21H24ClF3N4O/c22-18-13-16(21(23,24)25)14-28-19(18)29-11-7-15(8-12-29)20(30)27-10-4-9-26-17-5-2-1-3-6-17/h1-3,5-6,13-15,26H,4,7-12H2,(H,27,30). The molecule has 2 N–H and O–H groups in total. The Kier molecular flexibility index (Phi) is 7.42. The number of carbonyl (C=O) groups is 1. The molecule has 2 aromatic rings. The highest BCUT2D eigenvalue weighted by Crippen LogP contribution is 2.34. The van der Waals surface area contributed by atoms with E-state index in [-0.39, 0.29) is 16.8 Å². The van der Waals surface area contributed by atoms with Crippen LogP contribution in [-0.2, 0) is 11.0 Å². The van der Waals surface area contributed by atoms with Crippen molar-refractivity contribution in [2.24, 2.45) is 5.92 Å². The first-order valence-corrected chi connectivity index (χ1v) is 10.3. The van der Waals surface area contributed by atoms with E-state index in [0.717, 1.165) is 30.9 Å². The van der Waals surface area contributed by atoms with Gasteiger partial charge in [-0.25, -0.2) is 4.98 Å². The lowest BCUT2D eigenvalue weighted by Crippen LogP contribution is -2.41. The topological polar surface area (TPSA) is 57.3 Å². The highest BCUT2D eigenvalue weighted by molar-refractivity contribution is 6.33. The SMILES string of the molecule is O=C(NCCCNc1ccccc1)C1CCN(c2ncc(C(F)(F)F)cc2Cl)CC1. The fraction of sp³-hybridized carbons (Fsp3) is 0.429. The monoisotopic (exact) mass is 440 g/mol. The minimum Gasteiger partial charge on any atom is -0.385 e. The Labute approximate surface area is 178 Å². The number of anilines is 2. The Bertz CT molecular complexity index is 840. The second kappa shape index (κ2) is 10.0. The van der Waals surface area contributed by atoms with E-state index in [1.807, 2.05) is 35.2 Å². The van der Waals surface area contributed by atoms with Gasteiger partial charge in [-0.05, 0) is 37.5 Å². The van der Waals surface area contributed by atoms with E-state index in [9.17, 15) is 18.0 Å². The first kappa shape index (κ1) is 22.2. The van der Waals surface area contributed by atoms with Crippen molar-refractivity contribution in [2.75, 3.05) is 36.4 Å². The number of piperidine rings is 1. The van der Waals surface area contributed by atoms with Gasteiger partial charge < -0.3 is 15.5 Å². The summed E-state index contributed by atoms with van der Waals surface area (Å²) in [4.78, 5) is 18.1. The average molecular weight is 441 g/mol. The largest absolute Gasteiger partial charge is 0.417 e. The van der Waals surface area contributed by atoms with Crippen LogP contribution in [0.1, 0.15) is 24.8 Å². The summed E-state index contributed by atoms with van der Waals surface area (Å²) in [6.07, 6.45) is -1.66. The maximum atomic E-state index is 12.8. The van der Waals surface area contributed by atoms with Crippen molar-refractivity contribution >= 4 is 29.0 Å². The molecule has 0 radical (unpaired) electrons. The molecule has 162 valence electrons. The molecule has 1 aromatic heterocycles. The molecule has 0 aliphatic carbocycles. The molecule has 9 heteroatoms. The number of hydrogen-bond acceptors (Lipinski definition) is 4. The Hall–Kier alpha value is -2.48. The highest BCUT2D eigenvalue weighted by Gasteiger charge is 2.33. The minimum absolute atomic E-state index is 0.0147. The third-order valence-corrected chi connectivity index (χ3v) is 5.35. The molecule has 1 fully saturated rings. The highest BCUT2D eigenvalue weighted by atomic mass is 35.5. The van der Waals surface area contributed by atoms with Crippen LogP contribution in [0.25, 0.3) is 0 Å². The molecule has 1 aromatic carbocycles. The van der Waals surface area contributed by atoms with Crippen molar-refractivity contribution in [3.63, 3.8) is 0 Å². The van der Waals surface area contributed by atoms with Crippen LogP contribution in [0.2, 0.25) is 5.02 Å². The molecular formula is C21H24ClF3N4O. The van der Waals surface area contributed by atoms with E-state index in [4.69, 9.17) is 11.6 Å². The normalized spacial score (nSPS) is 15.1. The van der Waals surface area contributed by atoms with Crippen molar-refractivity contribution in [1.82, 2.24) is 10.3 Å². The Morgan fingerprint density at radius 1 is 1.17 bits per heavy atom. The number of carbonyl (C=O) groups excluding carboxylic acids is 1. The third-order valence-electron chi connectivity index (χ3n) is 5.07. The molecule has 0 atom stereocenters. The van der Waals surface area contributed by atoms with Crippen molar-refractivity contribution in [2.45, 2.75) is 25.4 Å². The van der Waals surface area contributed by atoms with Gasteiger partial charge in [0.2, 0.25) is 5.91 Å². The van der Waals surface area contributed by atoms with Gasteiger partial charge in [-0.3, -0.25) is 4.79 Å². The summed E-state index contributed by atoms with van der Waals surface area (Å²) in [5, 5.41) is 6.23. The predicted octanol–water partition coefficient (Wildman–Crippen LogP) is 4.59. The number of alkyl halides is 3. The van der Waals surface area contributed by atoms with Crippen LogP contribution >= 0.6 is 11.6 Å². The summed E-state index contributed by atoms with van der Waals surface area (Å²) >= 11 is 6.02. The number of para-hydroxylation sites is 1. The third kappa shape index (κ3) is 6.01. The van der Waals surface area contributed by atoms with E-state index >= 15 is 0 Å². The molecule has 30 heavy (non-hydrogen) atoms. The number of benzene rings is 1. The number of pyridine rings is 1. The average Bonchev–Trinajstić information content (AvgIpc) is 2.73. The maximum absolute atomic E-state index is 12.8. The molecule has 0 spiro atoms. The van der Waals surface area contributed by atoms with E-state index in [2.05, 4.69) is 15.6 Å². The zero-order valence-corrected chi connectivity index (χ0v) is 17.1. The lowest BCUT2D eigenvalue weighted by molar-refractivity contribution is -0.137. The summed E-state index contributed by atoms with van der Waals surface area (Å²) in [6, 6.07) is 10.8. The van der Waals surface area contributed by atoms with Crippen LogP contribution in [-0.4, -0.2) is 37.1 Å². The van der Waals surface area contributed by atoms with Gasteiger partial charge >= 0.3 is 6.18 Å². The van der Waals surface area contributed by atoms with Gasteiger partial charge in [0.1, 0.15) is 5.82 Å². The summed E-state index contributed by atoms with van der Waals surface area (Å²) in [5.41, 5.74) is 0.180. The molecule has 1 aliphatic rings. The first-order valence-electron chi connectivity index (χ1n) is 9.89. The quantitative estimate of drug-likeness (QED) is 0.618. The van der Waals surface area contributed by atoms with Gasteiger partial charge in [-0.1, -0.05) is 29.8 Å². The molecular weight excluding hydrogens is 417 g/mol. The fourth-order valence-corrected chi connectivity index (χ4v) is 3.69. The van der Waals surface area contributed by atoms with Gasteiger partial charge in [0.15, 0.2) is 0 Å². The van der Waals surface area contributed by atoms with Crippen LogP contribution < -0.4 is 15.5 Å². The number of halogens is 4. The van der Waals surface area contributed by atoms with Gasteiger partial charge in [-0.2, -0.15) is 13.2 Å². The number of rotatable bonds is 7.